The van der Waals surface area contributed by atoms with Crippen LogP contribution in [0.1, 0.15) is 10.4 Å². The molecule has 104 valence electrons. The number of amides is 1. The average molecular weight is 270 g/mol. The molecule has 1 amide bonds. The number of benzene rings is 2. The van der Waals surface area contributed by atoms with E-state index in [-0.39, 0.29) is 0 Å². The van der Waals surface area contributed by atoms with E-state index in [4.69, 9.17) is 11.5 Å². The molecule has 0 heterocycles. The summed E-state index contributed by atoms with van der Waals surface area (Å²) in [6, 6.07) is 12.9. The molecule has 2 aromatic rings. The molecule has 0 aromatic heterocycles. The Morgan fingerprint density at radius 3 is 2.50 bits per heavy atom. The Balaban J connectivity index is 2.26. The van der Waals surface area contributed by atoms with Gasteiger partial charge in [-0.1, -0.05) is 6.07 Å². The predicted molar refractivity (Wildman–Crippen MR) is 83.4 cm³/mol. The molecule has 0 radical (unpaired) electrons. The second-order valence-electron chi connectivity index (χ2n) is 4.74. The summed E-state index contributed by atoms with van der Waals surface area (Å²) in [7, 11) is 3.96. The summed E-state index contributed by atoms with van der Waals surface area (Å²) >= 11 is 0. The van der Waals surface area contributed by atoms with Crippen LogP contribution in [0.4, 0.5) is 22.7 Å². The fourth-order valence-electron chi connectivity index (χ4n) is 1.85. The molecule has 0 unspecified atom stereocenters. The van der Waals surface area contributed by atoms with Gasteiger partial charge in [0.25, 0.3) is 0 Å². The highest BCUT2D eigenvalue weighted by molar-refractivity contribution is 5.95. The molecule has 5 heteroatoms. The van der Waals surface area contributed by atoms with Crippen molar-refractivity contribution in [2.45, 2.75) is 0 Å². The highest BCUT2D eigenvalue weighted by Gasteiger charge is 2.05. The summed E-state index contributed by atoms with van der Waals surface area (Å²) < 4.78 is 0. The van der Waals surface area contributed by atoms with Crippen molar-refractivity contribution >= 4 is 28.7 Å². The molecule has 0 saturated heterocycles. The molecule has 0 fully saturated rings. The first kappa shape index (κ1) is 13.7. The molecule has 0 aliphatic carbocycles. The minimum Gasteiger partial charge on any atom is -0.397 e. The van der Waals surface area contributed by atoms with Crippen LogP contribution in [0.25, 0.3) is 0 Å². The van der Waals surface area contributed by atoms with Crippen molar-refractivity contribution in [1.29, 1.82) is 0 Å². The Bertz CT molecular complexity index is 638. The van der Waals surface area contributed by atoms with Gasteiger partial charge in [0.2, 0.25) is 5.91 Å². The summed E-state index contributed by atoms with van der Waals surface area (Å²) in [5, 5.41) is 3.23. The van der Waals surface area contributed by atoms with E-state index in [1.165, 1.54) is 0 Å². The summed E-state index contributed by atoms with van der Waals surface area (Å²) in [4.78, 5) is 13.1. The molecule has 5 nitrogen and oxygen atoms in total. The largest absolute Gasteiger partial charge is 0.397 e. The van der Waals surface area contributed by atoms with Crippen LogP contribution in [0, 0.1) is 0 Å². The lowest BCUT2D eigenvalue weighted by Crippen LogP contribution is -2.11. The van der Waals surface area contributed by atoms with E-state index in [0.29, 0.717) is 11.3 Å². The predicted octanol–water partition coefficient (Wildman–Crippen LogP) is 2.18. The quantitative estimate of drug-likeness (QED) is 0.743. The number of nitrogens with zero attached hydrogens (tertiary/aromatic N) is 1. The summed E-state index contributed by atoms with van der Waals surface area (Å²) in [6.07, 6.45) is 0. The number of hydrogen-bond acceptors (Lipinski definition) is 4. The van der Waals surface area contributed by atoms with E-state index in [9.17, 15) is 4.79 Å². The SMILES string of the molecule is CN(C)c1cccc(Nc2ccc(C(N)=O)cc2N)c1. The minimum absolute atomic E-state index is 0.398. The number of primary amides is 1. The molecule has 0 spiro atoms. The number of nitrogens with one attached hydrogen (secondary N) is 1. The van der Waals surface area contributed by atoms with Gasteiger partial charge in [0.05, 0.1) is 11.4 Å². The Labute approximate surface area is 118 Å². The summed E-state index contributed by atoms with van der Waals surface area (Å²) in [5.74, 6) is -0.488. The van der Waals surface area contributed by atoms with Crippen LogP contribution in [0.2, 0.25) is 0 Å². The number of anilines is 4. The molecular weight excluding hydrogens is 252 g/mol. The molecule has 0 bridgehead atoms. The van der Waals surface area contributed by atoms with Crippen LogP contribution in [-0.2, 0) is 0 Å². The van der Waals surface area contributed by atoms with Gasteiger partial charge in [0.15, 0.2) is 0 Å². The number of hydrogen-bond donors (Lipinski definition) is 3. The van der Waals surface area contributed by atoms with Gasteiger partial charge in [-0.05, 0) is 36.4 Å². The number of carbonyl (C=O) groups is 1. The number of rotatable bonds is 4. The first-order chi connectivity index (χ1) is 9.47. The van der Waals surface area contributed by atoms with Gasteiger partial charge in [-0.2, -0.15) is 0 Å². The highest BCUT2D eigenvalue weighted by atomic mass is 16.1. The zero-order valence-corrected chi connectivity index (χ0v) is 11.6. The zero-order valence-electron chi connectivity index (χ0n) is 11.6. The van der Waals surface area contributed by atoms with Crippen molar-refractivity contribution in [3.63, 3.8) is 0 Å². The molecule has 5 N–H and O–H groups in total. The first-order valence-corrected chi connectivity index (χ1v) is 6.21. The molecule has 2 aromatic carbocycles. The first-order valence-electron chi connectivity index (χ1n) is 6.21. The average Bonchev–Trinajstić information content (AvgIpc) is 2.41. The summed E-state index contributed by atoms with van der Waals surface area (Å²) in [5.41, 5.74) is 14.8. The Morgan fingerprint density at radius 1 is 1.15 bits per heavy atom. The van der Waals surface area contributed by atoms with Gasteiger partial charge < -0.3 is 21.7 Å². The van der Waals surface area contributed by atoms with Gasteiger partial charge in [-0.25, -0.2) is 0 Å². The lowest BCUT2D eigenvalue weighted by molar-refractivity contribution is 0.100. The van der Waals surface area contributed by atoms with Crippen molar-refractivity contribution in [2.75, 3.05) is 30.0 Å². The van der Waals surface area contributed by atoms with E-state index in [1.54, 1.807) is 18.2 Å². The molecule has 2 rings (SSSR count). The van der Waals surface area contributed by atoms with Crippen LogP contribution in [0.5, 0.6) is 0 Å². The maximum absolute atomic E-state index is 11.1. The molecule has 0 saturated carbocycles. The standard InChI is InChI=1S/C15H18N4O/c1-19(2)12-5-3-4-11(9-12)18-14-7-6-10(15(17)20)8-13(14)16/h3-9,18H,16H2,1-2H3,(H2,17,20). The van der Waals surface area contributed by atoms with E-state index >= 15 is 0 Å². The van der Waals surface area contributed by atoms with Crippen LogP contribution < -0.4 is 21.7 Å². The zero-order chi connectivity index (χ0) is 14.7. The van der Waals surface area contributed by atoms with E-state index in [2.05, 4.69) is 5.32 Å². The van der Waals surface area contributed by atoms with Crippen molar-refractivity contribution in [3.8, 4) is 0 Å². The van der Waals surface area contributed by atoms with Gasteiger partial charge in [0, 0.05) is 31.0 Å². The Morgan fingerprint density at radius 2 is 1.90 bits per heavy atom. The fourth-order valence-corrected chi connectivity index (χ4v) is 1.85. The Hall–Kier alpha value is -2.69. The second kappa shape index (κ2) is 5.52. The molecular formula is C15H18N4O. The number of nitrogen functional groups attached to an aromatic ring is 1. The third-order valence-corrected chi connectivity index (χ3v) is 2.98. The topological polar surface area (TPSA) is 84.4 Å². The fraction of sp³-hybridized carbons (Fsp3) is 0.133. The maximum atomic E-state index is 11.1. The van der Waals surface area contributed by atoms with Crippen molar-refractivity contribution < 1.29 is 4.79 Å². The van der Waals surface area contributed by atoms with E-state index in [0.717, 1.165) is 17.1 Å². The third kappa shape index (κ3) is 3.00. The minimum atomic E-state index is -0.488. The summed E-state index contributed by atoms with van der Waals surface area (Å²) in [6.45, 7) is 0. The van der Waals surface area contributed by atoms with Gasteiger partial charge in [-0.3, -0.25) is 4.79 Å². The number of carbonyl (C=O) groups excluding carboxylic acids is 1. The van der Waals surface area contributed by atoms with Crippen LogP contribution in [-0.4, -0.2) is 20.0 Å². The van der Waals surface area contributed by atoms with Crippen LogP contribution in [0.15, 0.2) is 42.5 Å². The molecule has 0 atom stereocenters. The monoisotopic (exact) mass is 270 g/mol. The van der Waals surface area contributed by atoms with Gasteiger partial charge in [-0.15, -0.1) is 0 Å². The van der Waals surface area contributed by atoms with Crippen molar-refractivity contribution in [1.82, 2.24) is 0 Å². The smallest absolute Gasteiger partial charge is 0.248 e. The lowest BCUT2D eigenvalue weighted by Gasteiger charge is -2.15. The van der Waals surface area contributed by atoms with Crippen LogP contribution in [0.3, 0.4) is 0 Å². The molecule has 0 aliphatic rings. The van der Waals surface area contributed by atoms with Crippen LogP contribution >= 0.6 is 0 Å². The normalized spacial score (nSPS) is 10.1. The Kier molecular flexibility index (Phi) is 3.79. The maximum Gasteiger partial charge on any atom is 0.248 e. The van der Waals surface area contributed by atoms with E-state index in [1.807, 2.05) is 43.3 Å². The van der Waals surface area contributed by atoms with Crippen molar-refractivity contribution in [2.24, 2.45) is 5.73 Å². The number of nitrogens with two attached hydrogens (primary N) is 2. The highest BCUT2D eigenvalue weighted by Crippen LogP contribution is 2.26. The van der Waals surface area contributed by atoms with Gasteiger partial charge in [0.1, 0.15) is 0 Å². The molecule has 0 aliphatic heterocycles. The second-order valence-corrected chi connectivity index (χ2v) is 4.74. The third-order valence-electron chi connectivity index (χ3n) is 2.98. The molecule has 20 heavy (non-hydrogen) atoms. The van der Waals surface area contributed by atoms with Crippen molar-refractivity contribution in [3.05, 3.63) is 48.0 Å². The van der Waals surface area contributed by atoms with E-state index < -0.39 is 5.91 Å². The lowest BCUT2D eigenvalue weighted by atomic mass is 10.1. The van der Waals surface area contributed by atoms with Gasteiger partial charge >= 0.3 is 0 Å².